The fourth-order valence-corrected chi connectivity index (χ4v) is 7.25. The van der Waals surface area contributed by atoms with E-state index in [4.69, 9.17) is 14.2 Å². The zero-order valence-electron chi connectivity index (χ0n) is 42.9. The first-order valence-electron chi connectivity index (χ1n) is 26.3. The van der Waals surface area contributed by atoms with Gasteiger partial charge in [-0.05, 0) is 89.9 Å². The van der Waals surface area contributed by atoms with Gasteiger partial charge in [0.15, 0.2) is 12.1 Å². The van der Waals surface area contributed by atoms with E-state index in [1.165, 1.54) is 64.2 Å². The van der Waals surface area contributed by atoms with Gasteiger partial charge in [0.1, 0.15) is 6.61 Å². The van der Waals surface area contributed by atoms with E-state index in [0.29, 0.717) is 19.3 Å². The van der Waals surface area contributed by atoms with Gasteiger partial charge in [0.2, 0.25) is 0 Å². The number of carbonyl (C=O) groups is 3. The minimum atomic E-state index is -0.881. The highest BCUT2D eigenvalue weighted by molar-refractivity contribution is 5.72. The van der Waals surface area contributed by atoms with E-state index in [1.54, 1.807) is 0 Å². The first-order valence-corrected chi connectivity index (χ1v) is 26.3. The summed E-state index contributed by atoms with van der Waals surface area (Å²) in [5.74, 6) is -1.50. The molecule has 2 unspecified atom stereocenters. The summed E-state index contributed by atoms with van der Waals surface area (Å²) in [5, 5.41) is 9.66. The molecule has 376 valence electrons. The van der Waals surface area contributed by atoms with Crippen LogP contribution in [0.3, 0.4) is 0 Å². The van der Waals surface area contributed by atoms with E-state index in [-0.39, 0.29) is 36.2 Å². The smallest absolute Gasteiger partial charge is 0.362 e. The SMILES string of the molecule is CC/C=C/C/C=C/C/C=C/C/C=C/CCCCCCCCCCCCC(=O)OCC(COCCC(C(=O)O)[N+](C)(C)C)OC(=O)CCCCCCCC/C=C/C/C=C/C/C=C/C/C=C/CC. The zero-order chi connectivity index (χ0) is 48.4. The van der Waals surface area contributed by atoms with Crippen LogP contribution in [0.15, 0.2) is 97.2 Å². The molecule has 0 heterocycles. The second-order valence-electron chi connectivity index (χ2n) is 18.4. The molecule has 0 aliphatic rings. The second kappa shape index (κ2) is 47.7. The lowest BCUT2D eigenvalue weighted by Gasteiger charge is -2.31. The normalized spacial score (nSPS) is 13.7. The molecule has 8 nitrogen and oxygen atoms in total. The Bertz CT molecular complexity index is 1400. The van der Waals surface area contributed by atoms with Crippen LogP contribution in [0.4, 0.5) is 0 Å². The third kappa shape index (κ3) is 45.4. The van der Waals surface area contributed by atoms with Crippen molar-refractivity contribution in [1.82, 2.24) is 0 Å². The van der Waals surface area contributed by atoms with Crippen LogP contribution in [-0.2, 0) is 28.6 Å². The number of aliphatic carboxylic acids is 1. The molecule has 8 heteroatoms. The molecule has 0 spiro atoms. The molecule has 0 rings (SSSR count). The number of unbranched alkanes of at least 4 members (excludes halogenated alkanes) is 16. The van der Waals surface area contributed by atoms with E-state index in [9.17, 15) is 19.5 Å². The molecule has 0 bridgehead atoms. The van der Waals surface area contributed by atoms with E-state index in [1.807, 2.05) is 21.1 Å². The predicted molar refractivity (Wildman–Crippen MR) is 279 cm³/mol. The van der Waals surface area contributed by atoms with Crippen molar-refractivity contribution in [3.8, 4) is 0 Å². The van der Waals surface area contributed by atoms with Gasteiger partial charge in [-0.1, -0.05) is 188 Å². The van der Waals surface area contributed by atoms with Crippen LogP contribution >= 0.6 is 0 Å². The standard InChI is InChI=1S/C58H97NO7/c1-6-8-10-12-14-16-18-20-22-24-26-27-28-29-31-32-34-36-38-40-42-44-46-48-56(60)65-53-54(52-64-51-50-55(58(62)63)59(3,4)5)66-57(61)49-47-45-43-41-39-37-35-33-30-25-23-21-19-17-15-13-11-9-7-2/h8-11,14-17,20-23,26-27,30,33,54-55H,6-7,12-13,18-19,24-25,28-29,31-32,34-53H2,1-5H3/p+1/b10-8+,11-9+,16-14+,17-15+,22-20+,23-21+,27-26+,33-30+. The van der Waals surface area contributed by atoms with Gasteiger partial charge >= 0.3 is 17.9 Å². The maximum atomic E-state index is 12.8. The Morgan fingerprint density at radius 2 is 0.803 bits per heavy atom. The summed E-state index contributed by atoms with van der Waals surface area (Å²) in [7, 11) is 5.52. The lowest BCUT2D eigenvalue weighted by molar-refractivity contribution is -0.887. The van der Waals surface area contributed by atoms with Gasteiger partial charge in [-0.3, -0.25) is 9.59 Å². The quantitative estimate of drug-likeness (QED) is 0.0281. The van der Waals surface area contributed by atoms with Crippen molar-refractivity contribution in [3.05, 3.63) is 97.2 Å². The topological polar surface area (TPSA) is 99.1 Å². The number of hydrogen-bond acceptors (Lipinski definition) is 6. The number of carbonyl (C=O) groups excluding carboxylic acids is 2. The molecular weight excluding hydrogens is 823 g/mol. The van der Waals surface area contributed by atoms with Gasteiger partial charge in [-0.2, -0.15) is 0 Å². The van der Waals surface area contributed by atoms with Crippen LogP contribution in [0, 0.1) is 0 Å². The Morgan fingerprint density at radius 3 is 1.18 bits per heavy atom. The summed E-state index contributed by atoms with van der Waals surface area (Å²) in [4.78, 5) is 37.2. The molecule has 0 aliphatic heterocycles. The summed E-state index contributed by atoms with van der Waals surface area (Å²) in [6, 6.07) is -0.624. The molecule has 0 amide bonds. The van der Waals surface area contributed by atoms with Crippen LogP contribution < -0.4 is 0 Å². The molecular formula is C58H98NO7+. The number of allylic oxidation sites excluding steroid dienone is 16. The van der Waals surface area contributed by atoms with Crippen LogP contribution in [-0.4, -0.2) is 80.6 Å². The van der Waals surface area contributed by atoms with Gasteiger partial charge in [0.05, 0.1) is 34.4 Å². The van der Waals surface area contributed by atoms with Crippen molar-refractivity contribution in [2.45, 2.75) is 212 Å². The number of quaternary nitrogens is 1. The molecule has 0 radical (unpaired) electrons. The van der Waals surface area contributed by atoms with Gasteiger partial charge in [0.25, 0.3) is 0 Å². The van der Waals surface area contributed by atoms with Crippen LogP contribution in [0.1, 0.15) is 200 Å². The number of carboxylic acids is 1. The molecule has 1 N–H and O–H groups in total. The molecule has 0 aromatic carbocycles. The Balaban J connectivity index is 4.26. The number of rotatable bonds is 46. The van der Waals surface area contributed by atoms with Gasteiger partial charge in [-0.15, -0.1) is 0 Å². The zero-order valence-corrected chi connectivity index (χ0v) is 42.9. The van der Waals surface area contributed by atoms with Crippen LogP contribution in [0.25, 0.3) is 0 Å². The predicted octanol–water partition coefficient (Wildman–Crippen LogP) is 15.4. The fraction of sp³-hybridized carbons (Fsp3) is 0.672. The molecule has 0 aliphatic carbocycles. The number of esters is 2. The van der Waals surface area contributed by atoms with Crippen molar-refractivity contribution >= 4 is 17.9 Å². The largest absolute Gasteiger partial charge is 0.477 e. The number of ether oxygens (including phenoxy) is 3. The molecule has 0 fully saturated rings. The third-order valence-electron chi connectivity index (χ3n) is 11.2. The second-order valence-corrected chi connectivity index (χ2v) is 18.4. The van der Waals surface area contributed by atoms with Crippen molar-refractivity contribution in [1.29, 1.82) is 0 Å². The fourth-order valence-electron chi connectivity index (χ4n) is 7.25. The molecule has 0 aromatic rings. The van der Waals surface area contributed by atoms with Gasteiger partial charge in [-0.25, -0.2) is 4.79 Å². The highest BCUT2D eigenvalue weighted by atomic mass is 16.6. The van der Waals surface area contributed by atoms with E-state index in [2.05, 4.69) is 111 Å². The monoisotopic (exact) mass is 921 g/mol. The maximum Gasteiger partial charge on any atom is 0.362 e. The Kier molecular flexibility index (Phi) is 45.0. The summed E-state index contributed by atoms with van der Waals surface area (Å²) in [6.07, 6.45) is 64.5. The van der Waals surface area contributed by atoms with Crippen molar-refractivity contribution in [2.24, 2.45) is 0 Å². The molecule has 0 aromatic heterocycles. The highest BCUT2D eigenvalue weighted by Crippen LogP contribution is 2.15. The summed E-state index contributed by atoms with van der Waals surface area (Å²) in [6.45, 7) is 4.49. The first-order chi connectivity index (χ1) is 32.1. The molecule has 0 saturated carbocycles. The van der Waals surface area contributed by atoms with Crippen molar-refractivity contribution in [3.63, 3.8) is 0 Å². The average Bonchev–Trinajstić information content (AvgIpc) is 3.28. The summed E-state index contributed by atoms with van der Waals surface area (Å²) >= 11 is 0. The number of likely N-dealkylation sites (N-methyl/N-ethyl adjacent to an activating group) is 1. The minimum absolute atomic E-state index is 0.0487. The third-order valence-corrected chi connectivity index (χ3v) is 11.2. The van der Waals surface area contributed by atoms with Crippen molar-refractivity contribution < 1.29 is 38.2 Å². The summed E-state index contributed by atoms with van der Waals surface area (Å²) < 4.78 is 17.4. The van der Waals surface area contributed by atoms with Crippen LogP contribution in [0.5, 0.6) is 0 Å². The van der Waals surface area contributed by atoms with Crippen LogP contribution in [0.2, 0.25) is 0 Å². The average molecular weight is 921 g/mol. The maximum absolute atomic E-state index is 12.8. The van der Waals surface area contributed by atoms with Crippen molar-refractivity contribution in [2.75, 3.05) is 41.0 Å². The molecule has 2 atom stereocenters. The Morgan fingerprint density at radius 1 is 0.455 bits per heavy atom. The number of hydrogen-bond donors (Lipinski definition) is 1. The lowest BCUT2D eigenvalue weighted by Crippen LogP contribution is -2.50. The minimum Gasteiger partial charge on any atom is -0.477 e. The number of nitrogens with zero attached hydrogens (tertiary/aromatic N) is 1. The van der Waals surface area contributed by atoms with E-state index in [0.717, 1.165) is 103 Å². The number of carboxylic acid groups (broad SMARTS) is 1. The highest BCUT2D eigenvalue weighted by Gasteiger charge is 2.31. The molecule has 66 heavy (non-hydrogen) atoms. The lowest BCUT2D eigenvalue weighted by atomic mass is 10.1. The summed E-state index contributed by atoms with van der Waals surface area (Å²) in [5.41, 5.74) is 0. The van der Waals surface area contributed by atoms with E-state index < -0.39 is 18.1 Å². The van der Waals surface area contributed by atoms with Gasteiger partial charge < -0.3 is 23.8 Å². The van der Waals surface area contributed by atoms with E-state index >= 15 is 0 Å². The Hall–Kier alpha value is -3.75. The molecule has 0 saturated heterocycles. The van der Waals surface area contributed by atoms with Gasteiger partial charge in [0, 0.05) is 19.3 Å². The Labute approximate surface area is 405 Å². The first kappa shape index (κ1) is 62.2.